The third-order valence-corrected chi connectivity index (χ3v) is 12.8. The summed E-state index contributed by atoms with van der Waals surface area (Å²) in [5.41, 5.74) is 4.30. The fourth-order valence-electron chi connectivity index (χ4n) is 6.58. The molecule has 5 N–H and O–H groups in total. The normalized spacial score (nSPS) is 22.7. The van der Waals surface area contributed by atoms with Crippen molar-refractivity contribution in [3.8, 4) is 0 Å². The van der Waals surface area contributed by atoms with Crippen LogP contribution >= 0.6 is 68.5 Å². The van der Waals surface area contributed by atoms with Crippen LogP contribution in [0.5, 0.6) is 0 Å². The minimum Gasteiger partial charge on any atom is -0.394 e. The van der Waals surface area contributed by atoms with Gasteiger partial charge >= 0.3 is 0 Å². The molecule has 8 rings (SSSR count). The van der Waals surface area contributed by atoms with Gasteiger partial charge in [-0.15, -0.1) is 11.3 Å². The average molecular weight is 915 g/mol. The molecule has 6 heterocycles. The number of benzene rings is 2. The number of nitrogens with one attached hydrogen (secondary N) is 3. The largest absolute Gasteiger partial charge is 0.394 e. The molecule has 4 aliphatic heterocycles. The lowest BCUT2D eigenvalue weighted by molar-refractivity contribution is -0.00618. The van der Waals surface area contributed by atoms with Gasteiger partial charge < -0.3 is 40.5 Å². The van der Waals surface area contributed by atoms with Crippen LogP contribution in [0, 0.1) is 2.88 Å². The van der Waals surface area contributed by atoms with E-state index in [2.05, 4.69) is 61.6 Å². The van der Waals surface area contributed by atoms with Gasteiger partial charge in [0, 0.05) is 61.1 Å². The maximum Gasteiger partial charge on any atom is 0.263 e. The van der Waals surface area contributed by atoms with Crippen LogP contribution in [0.15, 0.2) is 54.6 Å². The first-order valence-electron chi connectivity index (χ1n) is 17.5. The van der Waals surface area contributed by atoms with Gasteiger partial charge in [-0.25, -0.2) is 4.98 Å². The molecular formula is C37H42Cl2IN5O6S2. The number of hydrogen-bond donors (Lipinski definition) is 5. The molecule has 4 aliphatic rings. The number of amides is 2. The van der Waals surface area contributed by atoms with Gasteiger partial charge in [-0.05, 0) is 82.5 Å². The molecule has 2 unspecified atom stereocenters. The monoisotopic (exact) mass is 913 g/mol. The lowest BCUT2D eigenvalue weighted by Crippen LogP contribution is -2.44. The lowest BCUT2D eigenvalue weighted by Gasteiger charge is -2.31. The van der Waals surface area contributed by atoms with E-state index in [1.54, 1.807) is 11.3 Å². The molecule has 2 amide bonds. The standard InChI is InChI=1S/C18H20ClN3O3S.C14H11ClINOS.C5H11NO2/c19-12-3-1-11(2-4-12)14-5-6-20-17(24)16-15(14)21-18(26-16)22-7-8-25-13(9-22)10-23;15-9-3-1-8(2-4-9)10-5-6-17-14(18)13-11(10)7-12(16)19-13;7-4-5-3-6-1-2-8-5/h1-4,13-14,23H,5-10H2,(H,20,24);1-4,7,10H,5-6H2,(H,17,18);5-7H,1-4H2/t13-,14?;;5-/m0.0/s1. The third-order valence-electron chi connectivity index (χ3n) is 9.29. The van der Waals surface area contributed by atoms with Crippen LogP contribution in [-0.2, 0) is 9.47 Å². The summed E-state index contributed by atoms with van der Waals surface area (Å²) in [6, 6.07) is 17.8. The first-order chi connectivity index (χ1) is 25.7. The Morgan fingerprint density at radius 2 is 1.42 bits per heavy atom. The second-order valence-corrected chi connectivity index (χ2v) is 17.6. The number of aliphatic hydroxyl groups is 2. The van der Waals surface area contributed by atoms with Gasteiger partial charge in [-0.2, -0.15) is 0 Å². The van der Waals surface area contributed by atoms with Crippen molar-refractivity contribution in [1.29, 1.82) is 0 Å². The van der Waals surface area contributed by atoms with E-state index in [1.807, 2.05) is 36.4 Å². The Bertz CT molecular complexity index is 1820. The van der Waals surface area contributed by atoms with E-state index in [4.69, 9.17) is 42.8 Å². The number of aromatic nitrogens is 1. The SMILES string of the molecule is O=C1NCCC(c2ccc(Cl)cc2)c2cc(I)sc21.O=C1NCCC(c2ccc(Cl)cc2)c2nc(N3CCO[C@H](CO)C3)sc21.OC[C@@H]1CNCCO1. The molecule has 2 aromatic carbocycles. The molecule has 284 valence electrons. The van der Waals surface area contributed by atoms with Crippen molar-refractivity contribution in [1.82, 2.24) is 20.9 Å². The summed E-state index contributed by atoms with van der Waals surface area (Å²) < 4.78 is 11.8. The number of thiazole rings is 1. The number of fused-ring (bicyclic) bond motifs is 2. The average Bonchev–Trinajstić information content (AvgIpc) is 3.73. The van der Waals surface area contributed by atoms with Crippen molar-refractivity contribution in [3.05, 3.63) is 99.7 Å². The number of nitrogens with zero attached hydrogens (tertiary/aromatic N) is 2. The number of carbonyl (C=O) groups excluding carboxylic acids is 2. The number of ether oxygens (including phenoxy) is 2. The van der Waals surface area contributed by atoms with E-state index in [0.717, 1.165) is 67.3 Å². The number of halogens is 3. The Kier molecular flexibility index (Phi) is 14.8. The summed E-state index contributed by atoms with van der Waals surface area (Å²) in [4.78, 5) is 33.0. The summed E-state index contributed by atoms with van der Waals surface area (Å²) in [5, 5.41) is 29.2. The van der Waals surface area contributed by atoms with E-state index in [0.29, 0.717) is 42.7 Å². The number of carbonyl (C=O) groups is 2. The second-order valence-electron chi connectivity index (χ2n) is 12.8. The lowest BCUT2D eigenvalue weighted by atomic mass is 9.89. The molecule has 0 spiro atoms. The summed E-state index contributed by atoms with van der Waals surface area (Å²) >= 11 is 17.2. The van der Waals surface area contributed by atoms with Crippen molar-refractivity contribution in [2.24, 2.45) is 0 Å². The molecule has 11 nitrogen and oxygen atoms in total. The van der Waals surface area contributed by atoms with Gasteiger partial charge in [-0.3, -0.25) is 9.59 Å². The molecule has 0 aliphatic carbocycles. The fraction of sp³-hybridized carbons (Fsp3) is 0.432. The number of rotatable bonds is 5. The molecule has 2 aromatic heterocycles. The molecule has 0 bridgehead atoms. The zero-order valence-corrected chi connectivity index (χ0v) is 34.2. The Morgan fingerprint density at radius 3 is 2.02 bits per heavy atom. The van der Waals surface area contributed by atoms with Gasteiger partial charge in [0.05, 0.1) is 52.1 Å². The van der Waals surface area contributed by atoms with E-state index in [9.17, 15) is 14.7 Å². The molecular weight excluding hydrogens is 872 g/mol. The van der Waals surface area contributed by atoms with Crippen LogP contribution in [0.3, 0.4) is 0 Å². The van der Waals surface area contributed by atoms with Crippen molar-refractivity contribution in [2.75, 3.05) is 70.6 Å². The smallest absolute Gasteiger partial charge is 0.263 e. The molecule has 4 aromatic rings. The summed E-state index contributed by atoms with van der Waals surface area (Å²) in [6.07, 6.45) is 1.54. The van der Waals surface area contributed by atoms with Crippen LogP contribution in [0.4, 0.5) is 5.13 Å². The molecule has 53 heavy (non-hydrogen) atoms. The molecule has 0 radical (unpaired) electrons. The number of morpholine rings is 2. The van der Waals surface area contributed by atoms with Crippen molar-refractivity contribution in [3.63, 3.8) is 0 Å². The Balaban J connectivity index is 0.000000155. The van der Waals surface area contributed by atoms with Gasteiger partial charge in [0.25, 0.3) is 11.8 Å². The Hall–Kier alpha value is -2.38. The maximum atomic E-state index is 12.5. The summed E-state index contributed by atoms with van der Waals surface area (Å²) in [5.74, 6) is 0.318. The maximum absolute atomic E-state index is 12.5. The highest BCUT2D eigenvalue weighted by molar-refractivity contribution is 14.1. The Labute approximate surface area is 340 Å². The number of aliphatic hydroxyl groups excluding tert-OH is 2. The zero-order chi connectivity index (χ0) is 37.3. The van der Waals surface area contributed by atoms with E-state index < -0.39 is 0 Å². The quantitative estimate of drug-likeness (QED) is 0.164. The zero-order valence-electron chi connectivity index (χ0n) is 28.9. The highest BCUT2D eigenvalue weighted by atomic mass is 127. The van der Waals surface area contributed by atoms with E-state index in [-0.39, 0.29) is 49.1 Å². The second kappa shape index (κ2) is 19.5. The topological polar surface area (TPSA) is 145 Å². The van der Waals surface area contributed by atoms with Crippen LogP contribution in [0.25, 0.3) is 0 Å². The molecule has 2 saturated heterocycles. The van der Waals surface area contributed by atoms with Crippen molar-refractivity contribution in [2.45, 2.75) is 36.9 Å². The number of thiophene rings is 1. The molecule has 4 atom stereocenters. The van der Waals surface area contributed by atoms with Gasteiger partial charge in [0.1, 0.15) is 4.88 Å². The minimum absolute atomic E-state index is 0.0184. The van der Waals surface area contributed by atoms with Crippen molar-refractivity contribution >= 4 is 85.4 Å². The predicted molar refractivity (Wildman–Crippen MR) is 218 cm³/mol. The third kappa shape index (κ3) is 10.5. The first-order valence-corrected chi connectivity index (χ1v) is 21.0. The Morgan fingerprint density at radius 1 is 0.811 bits per heavy atom. The first kappa shape index (κ1) is 40.3. The van der Waals surface area contributed by atoms with Gasteiger partial charge in [-0.1, -0.05) is 58.8 Å². The predicted octanol–water partition coefficient (Wildman–Crippen LogP) is 5.50. The van der Waals surface area contributed by atoms with Crippen LogP contribution in [-0.4, -0.2) is 105 Å². The van der Waals surface area contributed by atoms with E-state index in [1.165, 1.54) is 16.9 Å². The van der Waals surface area contributed by atoms with Crippen LogP contribution in [0.2, 0.25) is 10.0 Å². The van der Waals surface area contributed by atoms with E-state index >= 15 is 0 Å². The summed E-state index contributed by atoms with van der Waals surface area (Å²) in [7, 11) is 0. The van der Waals surface area contributed by atoms with Gasteiger partial charge in [0.2, 0.25) is 0 Å². The highest BCUT2D eigenvalue weighted by Gasteiger charge is 2.32. The summed E-state index contributed by atoms with van der Waals surface area (Å²) in [6.45, 7) is 5.70. The fourth-order valence-corrected chi connectivity index (χ4v) is 9.77. The number of anilines is 1. The van der Waals surface area contributed by atoms with Crippen molar-refractivity contribution < 1.29 is 29.3 Å². The molecule has 2 fully saturated rings. The number of hydrogen-bond acceptors (Lipinski definition) is 11. The molecule has 0 saturated carbocycles. The van der Waals surface area contributed by atoms with Gasteiger partial charge in [0.15, 0.2) is 5.13 Å². The minimum atomic E-state index is -0.214. The van der Waals surface area contributed by atoms with Crippen LogP contribution < -0.4 is 20.9 Å². The highest BCUT2D eigenvalue weighted by Crippen LogP contribution is 2.39. The molecule has 16 heteroatoms. The van der Waals surface area contributed by atoms with Crippen LogP contribution in [0.1, 0.15) is 66.4 Å².